The molecule has 0 bridgehead atoms. The van der Waals surface area contributed by atoms with E-state index in [1.165, 1.54) is 38.5 Å². The van der Waals surface area contributed by atoms with Gasteiger partial charge in [0, 0.05) is 12.1 Å². The van der Waals surface area contributed by atoms with Crippen molar-refractivity contribution >= 4 is 0 Å². The van der Waals surface area contributed by atoms with Gasteiger partial charge in [-0.05, 0) is 32.7 Å². The van der Waals surface area contributed by atoms with Gasteiger partial charge in [-0.2, -0.15) is 0 Å². The first-order chi connectivity index (χ1) is 6.29. The largest absolute Gasteiger partial charge is 0.391 e. The van der Waals surface area contributed by atoms with Crippen LogP contribution in [0.15, 0.2) is 0 Å². The SMILES string of the molecule is CN(C1CCC1)[C@@H]1CCCC[C@H]1O. The van der Waals surface area contributed by atoms with E-state index in [9.17, 15) is 5.11 Å². The van der Waals surface area contributed by atoms with E-state index >= 15 is 0 Å². The molecule has 0 amide bonds. The molecule has 2 saturated carbocycles. The second-order valence-electron chi connectivity index (χ2n) is 4.67. The van der Waals surface area contributed by atoms with Crippen LogP contribution in [0.3, 0.4) is 0 Å². The molecular formula is C11H21NO. The molecule has 1 N–H and O–H groups in total. The van der Waals surface area contributed by atoms with Crippen LogP contribution in [-0.2, 0) is 0 Å². The minimum Gasteiger partial charge on any atom is -0.391 e. The van der Waals surface area contributed by atoms with E-state index in [-0.39, 0.29) is 6.10 Å². The zero-order chi connectivity index (χ0) is 9.26. The first-order valence-corrected chi connectivity index (χ1v) is 5.69. The van der Waals surface area contributed by atoms with Gasteiger partial charge in [-0.15, -0.1) is 0 Å². The van der Waals surface area contributed by atoms with Crippen molar-refractivity contribution in [3.63, 3.8) is 0 Å². The van der Waals surface area contributed by atoms with Gasteiger partial charge in [0.2, 0.25) is 0 Å². The summed E-state index contributed by atoms with van der Waals surface area (Å²) < 4.78 is 0. The summed E-state index contributed by atoms with van der Waals surface area (Å²) in [5, 5.41) is 9.87. The Hall–Kier alpha value is -0.0800. The fraction of sp³-hybridized carbons (Fsp3) is 1.00. The van der Waals surface area contributed by atoms with Gasteiger partial charge in [0.15, 0.2) is 0 Å². The van der Waals surface area contributed by atoms with Crippen LogP contribution in [0.25, 0.3) is 0 Å². The molecule has 0 aromatic heterocycles. The fourth-order valence-corrected chi connectivity index (χ4v) is 2.63. The van der Waals surface area contributed by atoms with Gasteiger partial charge in [0.05, 0.1) is 6.10 Å². The van der Waals surface area contributed by atoms with Crippen LogP contribution in [0, 0.1) is 0 Å². The molecule has 2 nitrogen and oxygen atoms in total. The number of likely N-dealkylation sites (N-methyl/N-ethyl adjacent to an activating group) is 1. The van der Waals surface area contributed by atoms with Crippen LogP contribution >= 0.6 is 0 Å². The zero-order valence-electron chi connectivity index (χ0n) is 8.58. The van der Waals surface area contributed by atoms with Gasteiger partial charge >= 0.3 is 0 Å². The molecule has 0 saturated heterocycles. The molecule has 0 aliphatic heterocycles. The van der Waals surface area contributed by atoms with Crippen LogP contribution in [0.1, 0.15) is 44.9 Å². The molecule has 0 unspecified atom stereocenters. The first-order valence-electron chi connectivity index (χ1n) is 5.69. The molecule has 2 heteroatoms. The summed E-state index contributed by atoms with van der Waals surface area (Å²) in [6.45, 7) is 0. The van der Waals surface area contributed by atoms with Crippen molar-refractivity contribution in [3.8, 4) is 0 Å². The number of aliphatic hydroxyl groups is 1. The van der Waals surface area contributed by atoms with E-state index in [0.717, 1.165) is 12.5 Å². The average Bonchev–Trinajstić information content (AvgIpc) is 2.01. The molecule has 2 aliphatic rings. The smallest absolute Gasteiger partial charge is 0.0695 e. The molecule has 0 heterocycles. The van der Waals surface area contributed by atoms with Gasteiger partial charge < -0.3 is 5.11 Å². The molecule has 2 aliphatic carbocycles. The van der Waals surface area contributed by atoms with Crippen LogP contribution in [0.5, 0.6) is 0 Å². The Labute approximate surface area is 80.9 Å². The van der Waals surface area contributed by atoms with Gasteiger partial charge in [-0.1, -0.05) is 19.3 Å². The topological polar surface area (TPSA) is 23.5 Å². The maximum absolute atomic E-state index is 9.87. The van der Waals surface area contributed by atoms with Crippen LogP contribution < -0.4 is 0 Å². The summed E-state index contributed by atoms with van der Waals surface area (Å²) in [6.07, 6.45) is 8.77. The van der Waals surface area contributed by atoms with Gasteiger partial charge in [-0.3, -0.25) is 4.90 Å². The van der Waals surface area contributed by atoms with E-state index in [0.29, 0.717) is 6.04 Å². The second kappa shape index (κ2) is 3.97. The van der Waals surface area contributed by atoms with Crippen molar-refractivity contribution in [2.45, 2.75) is 63.1 Å². The Bertz CT molecular complexity index is 167. The van der Waals surface area contributed by atoms with Gasteiger partial charge in [0.25, 0.3) is 0 Å². The normalized spacial score (nSPS) is 36.2. The van der Waals surface area contributed by atoms with Crippen molar-refractivity contribution in [3.05, 3.63) is 0 Å². The monoisotopic (exact) mass is 183 g/mol. The molecule has 2 fully saturated rings. The molecule has 2 atom stereocenters. The number of aliphatic hydroxyl groups excluding tert-OH is 1. The van der Waals surface area contributed by atoms with E-state index in [1.807, 2.05) is 0 Å². The lowest BCUT2D eigenvalue weighted by Crippen LogP contribution is -2.50. The Balaban J connectivity index is 1.88. The molecule has 2 rings (SSSR count). The van der Waals surface area contributed by atoms with Crippen LogP contribution in [-0.4, -0.2) is 35.2 Å². The highest BCUT2D eigenvalue weighted by molar-refractivity contribution is 4.88. The molecule has 0 radical (unpaired) electrons. The van der Waals surface area contributed by atoms with Crippen LogP contribution in [0.4, 0.5) is 0 Å². The maximum atomic E-state index is 9.87. The highest BCUT2D eigenvalue weighted by atomic mass is 16.3. The third-order valence-corrected chi connectivity index (χ3v) is 3.87. The Morgan fingerprint density at radius 3 is 2.23 bits per heavy atom. The Morgan fingerprint density at radius 1 is 1.00 bits per heavy atom. The highest BCUT2D eigenvalue weighted by Gasteiger charge is 2.32. The van der Waals surface area contributed by atoms with E-state index in [2.05, 4.69) is 11.9 Å². The lowest BCUT2D eigenvalue weighted by atomic mass is 9.86. The third-order valence-electron chi connectivity index (χ3n) is 3.87. The van der Waals surface area contributed by atoms with Crippen molar-refractivity contribution in [2.24, 2.45) is 0 Å². The summed E-state index contributed by atoms with van der Waals surface area (Å²) in [7, 11) is 2.20. The van der Waals surface area contributed by atoms with Gasteiger partial charge in [0.1, 0.15) is 0 Å². The summed E-state index contributed by atoms with van der Waals surface area (Å²) in [6, 6.07) is 1.23. The average molecular weight is 183 g/mol. The summed E-state index contributed by atoms with van der Waals surface area (Å²) in [4.78, 5) is 2.44. The number of hydrogen-bond acceptors (Lipinski definition) is 2. The van der Waals surface area contributed by atoms with Crippen molar-refractivity contribution in [2.75, 3.05) is 7.05 Å². The van der Waals surface area contributed by atoms with Crippen molar-refractivity contribution in [1.82, 2.24) is 4.90 Å². The molecule has 13 heavy (non-hydrogen) atoms. The number of hydrogen-bond donors (Lipinski definition) is 1. The first kappa shape index (κ1) is 9.47. The lowest BCUT2D eigenvalue weighted by molar-refractivity contribution is -0.00450. The van der Waals surface area contributed by atoms with E-state index in [1.54, 1.807) is 0 Å². The predicted octanol–water partition coefficient (Wildman–Crippen LogP) is 1.77. The molecule has 0 aromatic carbocycles. The maximum Gasteiger partial charge on any atom is 0.0695 e. The summed E-state index contributed by atoms with van der Waals surface area (Å²) >= 11 is 0. The highest BCUT2D eigenvalue weighted by Crippen LogP contribution is 2.30. The molecule has 76 valence electrons. The number of rotatable bonds is 2. The minimum absolute atomic E-state index is 0.0562. The molecule has 0 spiro atoms. The van der Waals surface area contributed by atoms with E-state index in [4.69, 9.17) is 0 Å². The minimum atomic E-state index is -0.0562. The fourth-order valence-electron chi connectivity index (χ4n) is 2.63. The predicted molar refractivity (Wildman–Crippen MR) is 53.7 cm³/mol. The lowest BCUT2D eigenvalue weighted by Gasteiger charge is -2.43. The molecular weight excluding hydrogens is 162 g/mol. The quantitative estimate of drug-likeness (QED) is 0.705. The third kappa shape index (κ3) is 1.89. The van der Waals surface area contributed by atoms with E-state index < -0.39 is 0 Å². The van der Waals surface area contributed by atoms with Crippen molar-refractivity contribution in [1.29, 1.82) is 0 Å². The zero-order valence-corrected chi connectivity index (χ0v) is 8.58. The Morgan fingerprint density at radius 2 is 1.69 bits per heavy atom. The standard InChI is InChI=1S/C11H21NO/c1-12(9-5-4-6-9)10-7-2-3-8-11(10)13/h9-11,13H,2-8H2,1H3/t10-,11-/m1/s1. The number of nitrogens with zero attached hydrogens (tertiary/aromatic N) is 1. The van der Waals surface area contributed by atoms with Crippen LogP contribution in [0.2, 0.25) is 0 Å². The Kier molecular flexibility index (Phi) is 2.89. The molecule has 0 aromatic rings. The van der Waals surface area contributed by atoms with Crippen molar-refractivity contribution < 1.29 is 5.11 Å². The van der Waals surface area contributed by atoms with Gasteiger partial charge in [-0.25, -0.2) is 0 Å². The summed E-state index contributed by atoms with van der Waals surface area (Å²) in [5.74, 6) is 0. The second-order valence-corrected chi connectivity index (χ2v) is 4.67. The summed E-state index contributed by atoms with van der Waals surface area (Å²) in [5.41, 5.74) is 0.